The molecular formula is C28H34N4O4. The Kier molecular flexibility index (Phi) is 7.48. The topological polar surface area (TPSA) is 129 Å². The summed E-state index contributed by atoms with van der Waals surface area (Å²) < 4.78 is 10.8. The van der Waals surface area contributed by atoms with Gasteiger partial charge in [0, 0.05) is 0 Å². The summed E-state index contributed by atoms with van der Waals surface area (Å²) in [4.78, 5) is 24.9. The van der Waals surface area contributed by atoms with Crippen molar-refractivity contribution in [3.63, 3.8) is 0 Å². The third-order valence-electron chi connectivity index (χ3n) is 4.93. The third kappa shape index (κ3) is 7.40. The van der Waals surface area contributed by atoms with Crippen LogP contribution in [0.3, 0.4) is 0 Å². The molecule has 8 heteroatoms. The minimum atomic E-state index is -0.679. The number of rotatable bonds is 4. The fraction of sp³-hybridized carbons (Fsp3) is 0.286. The van der Waals surface area contributed by atoms with E-state index in [4.69, 9.17) is 20.9 Å². The number of nitrogens with two attached hydrogens (primary N) is 2. The SMILES string of the molecule is CC(C)(C)OC(=O)Nc1ccc(-c2ccc(-c3ccc(N)c(N)c3)cc2)cc1NC(=O)OC(C)(C)C. The average molecular weight is 491 g/mol. The molecule has 0 spiro atoms. The van der Waals surface area contributed by atoms with E-state index in [0.29, 0.717) is 22.7 Å². The maximum Gasteiger partial charge on any atom is 0.412 e. The zero-order valence-electron chi connectivity index (χ0n) is 21.6. The summed E-state index contributed by atoms with van der Waals surface area (Å²) in [6.07, 6.45) is -1.27. The van der Waals surface area contributed by atoms with Gasteiger partial charge in [-0.3, -0.25) is 10.6 Å². The van der Waals surface area contributed by atoms with E-state index >= 15 is 0 Å². The molecule has 0 saturated carbocycles. The summed E-state index contributed by atoms with van der Waals surface area (Å²) >= 11 is 0. The van der Waals surface area contributed by atoms with Gasteiger partial charge in [0.1, 0.15) is 11.2 Å². The third-order valence-corrected chi connectivity index (χ3v) is 4.93. The Hall–Kier alpha value is -4.20. The Morgan fingerprint density at radius 1 is 0.583 bits per heavy atom. The van der Waals surface area contributed by atoms with Crippen molar-refractivity contribution in [3.8, 4) is 22.3 Å². The normalized spacial score (nSPS) is 11.5. The lowest BCUT2D eigenvalue weighted by Gasteiger charge is -2.22. The van der Waals surface area contributed by atoms with Crippen LogP contribution in [0.1, 0.15) is 41.5 Å². The number of carbonyl (C=O) groups is 2. The first-order valence-corrected chi connectivity index (χ1v) is 11.6. The van der Waals surface area contributed by atoms with Crippen LogP contribution in [0.15, 0.2) is 60.7 Å². The number of anilines is 4. The van der Waals surface area contributed by atoms with Crippen LogP contribution in [0.2, 0.25) is 0 Å². The van der Waals surface area contributed by atoms with Crippen LogP contribution in [0.25, 0.3) is 22.3 Å². The summed E-state index contributed by atoms with van der Waals surface area (Å²) in [6.45, 7) is 10.7. The molecule has 0 radical (unpaired) electrons. The molecule has 8 nitrogen and oxygen atoms in total. The molecule has 0 atom stereocenters. The van der Waals surface area contributed by atoms with E-state index in [2.05, 4.69) is 10.6 Å². The first kappa shape index (κ1) is 26.4. The quantitative estimate of drug-likeness (QED) is 0.295. The molecule has 3 aromatic carbocycles. The Bertz CT molecular complexity index is 1260. The average Bonchev–Trinajstić information content (AvgIpc) is 2.74. The molecule has 36 heavy (non-hydrogen) atoms. The van der Waals surface area contributed by atoms with Crippen molar-refractivity contribution in [3.05, 3.63) is 60.7 Å². The molecule has 0 aliphatic rings. The van der Waals surface area contributed by atoms with Gasteiger partial charge in [-0.1, -0.05) is 36.4 Å². The Morgan fingerprint density at radius 2 is 1.00 bits per heavy atom. The van der Waals surface area contributed by atoms with Crippen LogP contribution in [0.4, 0.5) is 32.3 Å². The molecular weight excluding hydrogens is 456 g/mol. The second kappa shape index (κ2) is 10.2. The molecule has 6 N–H and O–H groups in total. The van der Waals surface area contributed by atoms with Crippen LogP contribution >= 0.6 is 0 Å². The van der Waals surface area contributed by atoms with Crippen LogP contribution < -0.4 is 22.1 Å². The summed E-state index contributed by atoms with van der Waals surface area (Å²) in [7, 11) is 0. The van der Waals surface area contributed by atoms with Crippen LogP contribution in [0, 0.1) is 0 Å². The monoisotopic (exact) mass is 490 g/mol. The van der Waals surface area contributed by atoms with Gasteiger partial charge in [0.2, 0.25) is 0 Å². The first-order valence-electron chi connectivity index (χ1n) is 11.6. The highest BCUT2D eigenvalue weighted by Crippen LogP contribution is 2.32. The Balaban J connectivity index is 1.91. The molecule has 0 saturated heterocycles. The number of benzene rings is 3. The number of amides is 2. The van der Waals surface area contributed by atoms with Crippen molar-refractivity contribution in [2.24, 2.45) is 0 Å². The highest BCUT2D eigenvalue weighted by molar-refractivity contribution is 5.97. The van der Waals surface area contributed by atoms with Crippen molar-refractivity contribution in [1.29, 1.82) is 0 Å². The molecule has 0 fully saturated rings. The van der Waals surface area contributed by atoms with Crippen molar-refractivity contribution < 1.29 is 19.1 Å². The zero-order valence-corrected chi connectivity index (χ0v) is 21.6. The number of nitrogens with one attached hydrogen (secondary N) is 2. The minimum Gasteiger partial charge on any atom is -0.444 e. The van der Waals surface area contributed by atoms with Gasteiger partial charge in [-0.25, -0.2) is 9.59 Å². The molecule has 0 heterocycles. The summed E-state index contributed by atoms with van der Waals surface area (Å²) in [5.74, 6) is 0. The van der Waals surface area contributed by atoms with Gasteiger partial charge < -0.3 is 20.9 Å². The van der Waals surface area contributed by atoms with E-state index in [0.717, 1.165) is 22.3 Å². The molecule has 0 bridgehead atoms. The van der Waals surface area contributed by atoms with Gasteiger partial charge in [-0.15, -0.1) is 0 Å². The van der Waals surface area contributed by atoms with E-state index < -0.39 is 23.4 Å². The lowest BCUT2D eigenvalue weighted by atomic mass is 9.99. The van der Waals surface area contributed by atoms with E-state index in [1.165, 1.54) is 0 Å². The molecule has 0 aliphatic heterocycles. The zero-order chi connectivity index (χ0) is 26.7. The van der Waals surface area contributed by atoms with E-state index in [1.807, 2.05) is 42.5 Å². The number of carbonyl (C=O) groups excluding carboxylic acids is 2. The van der Waals surface area contributed by atoms with Crippen LogP contribution in [-0.4, -0.2) is 23.4 Å². The molecule has 0 unspecified atom stereocenters. The molecule has 0 aromatic heterocycles. The second-order valence-corrected chi connectivity index (χ2v) is 10.4. The lowest BCUT2D eigenvalue weighted by Crippen LogP contribution is -2.29. The highest BCUT2D eigenvalue weighted by Gasteiger charge is 2.20. The highest BCUT2D eigenvalue weighted by atomic mass is 16.6. The predicted octanol–water partition coefficient (Wildman–Crippen LogP) is 6.88. The van der Waals surface area contributed by atoms with Crippen LogP contribution in [0.5, 0.6) is 0 Å². The molecule has 3 aromatic rings. The largest absolute Gasteiger partial charge is 0.444 e. The van der Waals surface area contributed by atoms with Crippen molar-refractivity contribution >= 4 is 34.9 Å². The Morgan fingerprint density at radius 3 is 1.47 bits per heavy atom. The standard InChI is InChI=1S/C28H34N4O4/c1-27(2,3)35-25(33)31-23-14-12-20(16-24(23)32-26(34)36-28(4,5)6)18-9-7-17(8-10-18)19-11-13-21(29)22(30)15-19/h7-16H,29-30H2,1-6H3,(H,31,33)(H,32,34). The summed E-state index contributed by atoms with van der Waals surface area (Å²) in [5.41, 5.74) is 15.9. The fourth-order valence-corrected chi connectivity index (χ4v) is 3.37. The predicted molar refractivity (Wildman–Crippen MR) is 146 cm³/mol. The van der Waals surface area contributed by atoms with Gasteiger partial charge in [0.15, 0.2) is 0 Å². The fourth-order valence-electron chi connectivity index (χ4n) is 3.37. The summed E-state index contributed by atoms with van der Waals surface area (Å²) in [5, 5.41) is 5.44. The van der Waals surface area contributed by atoms with Gasteiger partial charge in [-0.2, -0.15) is 0 Å². The number of hydrogen-bond donors (Lipinski definition) is 4. The maximum atomic E-state index is 12.5. The summed E-state index contributed by atoms with van der Waals surface area (Å²) in [6, 6.07) is 18.8. The molecule has 190 valence electrons. The van der Waals surface area contributed by atoms with E-state index in [1.54, 1.807) is 59.7 Å². The van der Waals surface area contributed by atoms with E-state index in [-0.39, 0.29) is 0 Å². The first-order chi connectivity index (χ1) is 16.7. The van der Waals surface area contributed by atoms with Gasteiger partial charge in [0.25, 0.3) is 0 Å². The smallest absolute Gasteiger partial charge is 0.412 e. The minimum absolute atomic E-state index is 0.378. The molecule has 3 rings (SSSR count). The van der Waals surface area contributed by atoms with Gasteiger partial charge in [0.05, 0.1) is 22.7 Å². The van der Waals surface area contributed by atoms with Gasteiger partial charge in [-0.05, 0) is 88.1 Å². The number of ether oxygens (including phenoxy) is 2. The number of hydrogen-bond acceptors (Lipinski definition) is 6. The number of nitrogen functional groups attached to an aromatic ring is 2. The van der Waals surface area contributed by atoms with Crippen molar-refractivity contribution in [1.82, 2.24) is 0 Å². The molecule has 2 amide bonds. The maximum absolute atomic E-state index is 12.5. The van der Waals surface area contributed by atoms with E-state index in [9.17, 15) is 9.59 Å². The van der Waals surface area contributed by atoms with Crippen LogP contribution in [-0.2, 0) is 9.47 Å². The van der Waals surface area contributed by atoms with Gasteiger partial charge >= 0.3 is 12.2 Å². The second-order valence-electron chi connectivity index (χ2n) is 10.4. The molecule has 0 aliphatic carbocycles. The Labute approximate surface area is 212 Å². The van der Waals surface area contributed by atoms with Crippen molar-refractivity contribution in [2.75, 3.05) is 22.1 Å². The lowest BCUT2D eigenvalue weighted by molar-refractivity contribution is 0.0621. The van der Waals surface area contributed by atoms with Crippen molar-refractivity contribution in [2.45, 2.75) is 52.7 Å².